The topological polar surface area (TPSA) is 80.2 Å². The van der Waals surface area contributed by atoms with Crippen molar-refractivity contribution in [2.75, 3.05) is 23.4 Å². The van der Waals surface area contributed by atoms with Crippen molar-refractivity contribution in [1.82, 2.24) is 0 Å². The van der Waals surface area contributed by atoms with Crippen LogP contribution in [0.5, 0.6) is 11.5 Å². The highest BCUT2D eigenvalue weighted by Gasteiger charge is 2.37. The number of carbonyl (C=O) groups is 2. The zero-order valence-corrected chi connectivity index (χ0v) is 21.4. The van der Waals surface area contributed by atoms with E-state index in [4.69, 9.17) is 14.5 Å². The summed E-state index contributed by atoms with van der Waals surface area (Å²) in [6, 6.07) is 22.2. The van der Waals surface area contributed by atoms with Gasteiger partial charge in [-0.15, -0.1) is 0 Å². The molecule has 1 N–H and O–H groups in total. The molecule has 0 radical (unpaired) electrons. The van der Waals surface area contributed by atoms with Crippen LogP contribution in [-0.2, 0) is 9.59 Å². The maximum absolute atomic E-state index is 13.4. The first-order valence-electron chi connectivity index (χ1n) is 11.9. The van der Waals surface area contributed by atoms with E-state index in [-0.39, 0.29) is 18.2 Å². The number of carbonyl (C=O) groups excluding carboxylic acids is 2. The molecule has 3 aromatic rings. The molecule has 7 nitrogen and oxygen atoms in total. The minimum Gasteiger partial charge on any atom is -0.494 e. The van der Waals surface area contributed by atoms with Gasteiger partial charge in [0.05, 0.1) is 24.6 Å². The lowest BCUT2D eigenvalue weighted by atomic mass is 10.2. The van der Waals surface area contributed by atoms with Gasteiger partial charge >= 0.3 is 0 Å². The molecule has 1 aliphatic rings. The second-order valence-electron chi connectivity index (χ2n) is 8.14. The van der Waals surface area contributed by atoms with Crippen LogP contribution in [0.3, 0.4) is 0 Å². The number of hydrogen-bond acceptors (Lipinski definition) is 6. The van der Waals surface area contributed by atoms with Crippen LogP contribution in [0, 0.1) is 6.92 Å². The zero-order valence-electron chi connectivity index (χ0n) is 20.6. The predicted molar refractivity (Wildman–Crippen MR) is 146 cm³/mol. The van der Waals surface area contributed by atoms with E-state index in [9.17, 15) is 9.59 Å². The van der Waals surface area contributed by atoms with Crippen LogP contribution in [0.1, 0.15) is 25.8 Å². The smallest absolute Gasteiger partial charge is 0.238 e. The Morgan fingerprint density at radius 1 is 0.944 bits per heavy atom. The summed E-state index contributed by atoms with van der Waals surface area (Å²) in [6.45, 7) is 6.96. The Hall–Kier alpha value is -3.78. The molecule has 186 valence electrons. The van der Waals surface area contributed by atoms with Gasteiger partial charge < -0.3 is 14.8 Å². The number of benzene rings is 3. The minimum atomic E-state index is -0.612. The van der Waals surface area contributed by atoms with Gasteiger partial charge in [-0.1, -0.05) is 29.5 Å². The standard InChI is InChI=1S/C28H29N3O4S/c1-4-34-23-14-10-21(11-15-23)30-28-31(22-12-16-24(17-13-22)35-5-2)26(32)18-25(36-28)27(33)29-20-8-6-19(3)7-9-20/h6-17,25H,4-5,18H2,1-3H3,(H,29,33)/t25-/m1/s1. The number of aryl methyl sites for hydroxylation is 1. The fourth-order valence-electron chi connectivity index (χ4n) is 3.67. The average Bonchev–Trinajstić information content (AvgIpc) is 2.87. The minimum absolute atomic E-state index is 0.0534. The number of ether oxygens (including phenoxy) is 2. The summed E-state index contributed by atoms with van der Waals surface area (Å²) < 4.78 is 11.1. The van der Waals surface area contributed by atoms with Crippen LogP contribution in [0.2, 0.25) is 0 Å². The van der Waals surface area contributed by atoms with E-state index >= 15 is 0 Å². The quantitative estimate of drug-likeness (QED) is 0.410. The molecule has 0 aliphatic carbocycles. The number of nitrogens with zero attached hydrogens (tertiary/aromatic N) is 2. The molecule has 1 atom stereocenters. The Labute approximate surface area is 215 Å². The van der Waals surface area contributed by atoms with E-state index in [1.54, 1.807) is 4.90 Å². The zero-order chi connectivity index (χ0) is 25.5. The molecule has 1 aliphatic heterocycles. The molecule has 0 bridgehead atoms. The van der Waals surface area contributed by atoms with E-state index < -0.39 is 5.25 Å². The fourth-order valence-corrected chi connectivity index (χ4v) is 4.78. The lowest BCUT2D eigenvalue weighted by Gasteiger charge is -2.32. The van der Waals surface area contributed by atoms with E-state index in [1.165, 1.54) is 11.8 Å². The van der Waals surface area contributed by atoms with Gasteiger partial charge in [-0.2, -0.15) is 0 Å². The van der Waals surface area contributed by atoms with Crippen molar-refractivity contribution in [3.8, 4) is 11.5 Å². The van der Waals surface area contributed by atoms with Crippen molar-refractivity contribution in [3.05, 3.63) is 78.4 Å². The largest absolute Gasteiger partial charge is 0.494 e. The third-order valence-electron chi connectivity index (χ3n) is 5.44. The molecule has 1 fully saturated rings. The van der Waals surface area contributed by atoms with Gasteiger partial charge in [0.15, 0.2) is 5.17 Å². The van der Waals surface area contributed by atoms with E-state index in [2.05, 4.69) is 5.32 Å². The maximum atomic E-state index is 13.4. The van der Waals surface area contributed by atoms with E-state index in [0.717, 1.165) is 17.1 Å². The second-order valence-corrected chi connectivity index (χ2v) is 9.31. The molecule has 2 amide bonds. The summed E-state index contributed by atoms with van der Waals surface area (Å²) in [6.07, 6.45) is 0.0534. The van der Waals surface area contributed by atoms with Gasteiger partial charge in [-0.25, -0.2) is 4.99 Å². The molecule has 0 unspecified atom stereocenters. The lowest BCUT2D eigenvalue weighted by Crippen LogP contribution is -2.45. The summed E-state index contributed by atoms with van der Waals surface area (Å²) in [4.78, 5) is 32.8. The Balaban J connectivity index is 1.62. The third-order valence-corrected chi connectivity index (χ3v) is 6.59. The summed E-state index contributed by atoms with van der Waals surface area (Å²) in [5.74, 6) is 1.03. The van der Waals surface area contributed by atoms with Gasteiger partial charge in [-0.05, 0) is 81.4 Å². The SMILES string of the molecule is CCOc1ccc(N=C2S[C@@H](C(=O)Nc3ccc(C)cc3)CC(=O)N2c2ccc(OCC)cc2)cc1. The first-order valence-corrected chi connectivity index (χ1v) is 12.8. The highest BCUT2D eigenvalue weighted by Crippen LogP contribution is 2.34. The Morgan fingerprint density at radius 2 is 1.53 bits per heavy atom. The Morgan fingerprint density at radius 3 is 2.11 bits per heavy atom. The number of thioether (sulfide) groups is 1. The van der Waals surface area contributed by atoms with Crippen LogP contribution < -0.4 is 19.7 Å². The van der Waals surface area contributed by atoms with Crippen LogP contribution in [0.25, 0.3) is 0 Å². The molecule has 0 saturated carbocycles. The van der Waals surface area contributed by atoms with E-state index in [0.29, 0.717) is 35.4 Å². The number of nitrogens with one attached hydrogen (secondary N) is 1. The number of amides is 2. The molecule has 36 heavy (non-hydrogen) atoms. The van der Waals surface area contributed by atoms with Crippen LogP contribution in [0.15, 0.2) is 77.8 Å². The molecular formula is C28H29N3O4S. The molecule has 4 rings (SSSR count). The predicted octanol–water partition coefficient (Wildman–Crippen LogP) is 5.96. The second kappa shape index (κ2) is 11.8. The maximum Gasteiger partial charge on any atom is 0.238 e. The molecule has 0 aromatic heterocycles. The Bertz CT molecular complexity index is 1230. The van der Waals surface area contributed by atoms with Crippen LogP contribution in [-0.4, -0.2) is 35.4 Å². The molecule has 1 saturated heterocycles. The van der Waals surface area contributed by atoms with Gasteiger partial charge in [0, 0.05) is 12.1 Å². The average molecular weight is 504 g/mol. The van der Waals surface area contributed by atoms with Gasteiger partial charge in [0.1, 0.15) is 16.7 Å². The molecule has 1 heterocycles. The molecule has 8 heteroatoms. The molecular weight excluding hydrogens is 474 g/mol. The number of anilines is 2. The number of amidine groups is 1. The molecule has 0 spiro atoms. The Kier molecular flexibility index (Phi) is 8.28. The summed E-state index contributed by atoms with van der Waals surface area (Å²) in [5, 5.41) is 2.74. The van der Waals surface area contributed by atoms with Crippen LogP contribution in [0.4, 0.5) is 17.1 Å². The first kappa shape index (κ1) is 25.3. The summed E-state index contributed by atoms with van der Waals surface area (Å²) >= 11 is 1.27. The van der Waals surface area contributed by atoms with Gasteiger partial charge in [0.2, 0.25) is 11.8 Å². The number of aliphatic imine (C=N–C) groups is 1. The number of hydrogen-bond donors (Lipinski definition) is 1. The normalized spacial score (nSPS) is 16.6. The first-order chi connectivity index (χ1) is 17.5. The van der Waals surface area contributed by atoms with Crippen molar-refractivity contribution >= 4 is 45.8 Å². The summed E-state index contributed by atoms with van der Waals surface area (Å²) in [5.41, 5.74) is 3.12. The third kappa shape index (κ3) is 6.26. The van der Waals surface area contributed by atoms with Crippen molar-refractivity contribution in [1.29, 1.82) is 0 Å². The fraction of sp³-hybridized carbons (Fsp3) is 0.250. The number of rotatable bonds is 8. The van der Waals surface area contributed by atoms with Crippen molar-refractivity contribution < 1.29 is 19.1 Å². The highest BCUT2D eigenvalue weighted by molar-refractivity contribution is 8.15. The van der Waals surface area contributed by atoms with Gasteiger partial charge in [0.25, 0.3) is 0 Å². The van der Waals surface area contributed by atoms with Crippen molar-refractivity contribution in [2.24, 2.45) is 4.99 Å². The monoisotopic (exact) mass is 503 g/mol. The molecule has 3 aromatic carbocycles. The van der Waals surface area contributed by atoms with Crippen molar-refractivity contribution in [2.45, 2.75) is 32.4 Å². The van der Waals surface area contributed by atoms with Crippen LogP contribution >= 0.6 is 11.8 Å². The highest BCUT2D eigenvalue weighted by atomic mass is 32.2. The van der Waals surface area contributed by atoms with E-state index in [1.807, 2.05) is 93.6 Å². The summed E-state index contributed by atoms with van der Waals surface area (Å²) in [7, 11) is 0. The van der Waals surface area contributed by atoms with Gasteiger partial charge in [-0.3, -0.25) is 14.5 Å². The lowest BCUT2D eigenvalue weighted by molar-refractivity contribution is -0.121. The van der Waals surface area contributed by atoms with Crippen molar-refractivity contribution in [3.63, 3.8) is 0 Å².